The molecule has 0 heterocycles. The van der Waals surface area contributed by atoms with Crippen molar-refractivity contribution in [3.63, 3.8) is 0 Å². The number of nitrogen functional groups attached to an aromatic ring is 2. The van der Waals surface area contributed by atoms with Crippen LogP contribution in [0.3, 0.4) is 0 Å². The van der Waals surface area contributed by atoms with Crippen molar-refractivity contribution < 1.29 is 9.47 Å². The monoisotopic (exact) mass is 508 g/mol. The van der Waals surface area contributed by atoms with Crippen molar-refractivity contribution in [3.05, 3.63) is 46.5 Å². The topological polar surface area (TPSA) is 70.5 Å². The molecule has 1 aliphatic rings. The highest BCUT2D eigenvalue weighted by Crippen LogP contribution is 2.52. The quantitative estimate of drug-likeness (QED) is 0.297. The third-order valence-electron chi connectivity index (χ3n) is 9.61. The van der Waals surface area contributed by atoms with E-state index in [1.165, 1.54) is 22.3 Å². The largest absolute Gasteiger partial charge is 0.495 e. The van der Waals surface area contributed by atoms with Crippen molar-refractivity contribution in [1.29, 1.82) is 0 Å². The predicted molar refractivity (Wildman–Crippen MR) is 159 cm³/mol. The number of rotatable bonds is 11. The summed E-state index contributed by atoms with van der Waals surface area (Å²) in [5, 5.41) is 0. The summed E-state index contributed by atoms with van der Waals surface area (Å²) in [7, 11) is 3.50. The number of fused-ring (bicyclic) bond motifs is 4. The molecular formula is C33H52N2O2. The Morgan fingerprint density at radius 3 is 1.27 bits per heavy atom. The lowest BCUT2D eigenvalue weighted by Crippen LogP contribution is -2.24. The Balaban J connectivity index is 2.48. The number of hydrogen-bond acceptors (Lipinski definition) is 4. The summed E-state index contributed by atoms with van der Waals surface area (Å²) in [6, 6.07) is 9.24. The van der Waals surface area contributed by atoms with Gasteiger partial charge in [-0.05, 0) is 70.4 Å². The fraction of sp³-hybridized carbons (Fsp3) is 0.636. The van der Waals surface area contributed by atoms with Crippen molar-refractivity contribution in [2.45, 2.75) is 104 Å². The van der Waals surface area contributed by atoms with Gasteiger partial charge in [-0.15, -0.1) is 0 Å². The molecule has 4 heteroatoms. The summed E-state index contributed by atoms with van der Waals surface area (Å²) in [6.07, 6.45) is 7.71. The van der Waals surface area contributed by atoms with Crippen LogP contribution in [0.25, 0.3) is 0 Å². The Kier molecular flexibility index (Phi) is 10.2. The van der Waals surface area contributed by atoms with Crippen LogP contribution < -0.4 is 20.9 Å². The molecule has 1 aliphatic carbocycles. The molecule has 0 radical (unpaired) electrons. The van der Waals surface area contributed by atoms with Gasteiger partial charge in [0.2, 0.25) is 0 Å². The van der Waals surface area contributed by atoms with E-state index in [1.807, 2.05) is 0 Å². The first-order chi connectivity index (χ1) is 17.8. The molecule has 4 N–H and O–H groups in total. The van der Waals surface area contributed by atoms with Gasteiger partial charge in [0.05, 0.1) is 25.6 Å². The maximum atomic E-state index is 6.91. The van der Waals surface area contributed by atoms with Crippen LogP contribution >= 0.6 is 0 Å². The Bertz CT molecular complexity index is 946. The van der Waals surface area contributed by atoms with Gasteiger partial charge in [-0.25, -0.2) is 0 Å². The first-order valence-electron chi connectivity index (χ1n) is 14.8. The highest BCUT2D eigenvalue weighted by atomic mass is 16.5. The molecule has 0 aliphatic heterocycles. The molecule has 0 saturated carbocycles. The van der Waals surface area contributed by atoms with Gasteiger partial charge >= 0.3 is 0 Å². The van der Waals surface area contributed by atoms with Crippen molar-refractivity contribution in [2.75, 3.05) is 25.7 Å². The van der Waals surface area contributed by atoms with Gasteiger partial charge in [0.1, 0.15) is 11.5 Å². The smallest absolute Gasteiger partial charge is 0.142 e. The highest BCUT2D eigenvalue weighted by Gasteiger charge is 2.36. The molecule has 206 valence electrons. The van der Waals surface area contributed by atoms with Gasteiger partial charge in [-0.3, -0.25) is 0 Å². The number of hydrogen-bond donors (Lipinski definition) is 2. The first kappa shape index (κ1) is 29.2. The van der Waals surface area contributed by atoms with Crippen molar-refractivity contribution in [1.82, 2.24) is 0 Å². The van der Waals surface area contributed by atoms with E-state index in [9.17, 15) is 0 Å². The summed E-state index contributed by atoms with van der Waals surface area (Å²) in [6.45, 7) is 13.9. The molecule has 0 amide bonds. The second-order valence-electron chi connectivity index (χ2n) is 11.1. The summed E-state index contributed by atoms with van der Waals surface area (Å²) in [4.78, 5) is 0. The van der Waals surface area contributed by atoms with Crippen LogP contribution in [0.5, 0.6) is 11.5 Å². The molecule has 2 atom stereocenters. The van der Waals surface area contributed by atoms with E-state index in [0.29, 0.717) is 29.6 Å². The van der Waals surface area contributed by atoms with Gasteiger partial charge < -0.3 is 20.9 Å². The maximum Gasteiger partial charge on any atom is 0.142 e. The van der Waals surface area contributed by atoms with Crippen LogP contribution in [0.4, 0.5) is 11.4 Å². The minimum atomic E-state index is 0.222. The molecule has 37 heavy (non-hydrogen) atoms. The van der Waals surface area contributed by atoms with E-state index in [-0.39, 0.29) is 5.92 Å². The molecule has 4 nitrogen and oxygen atoms in total. The van der Waals surface area contributed by atoms with E-state index < -0.39 is 0 Å². The standard InChI is InChI=1S/C33H52N2O2/c1-9-20(10-2)25-19-26(21(11-3)12-4)28-16-24(18-30(37-8)33(28)35)31(22(13-5)14-6)23-15-27(25)32(34)29(17-23)36-7/h15-18,20-22,25-26,31H,9-14,19,34-35H2,1-8H3. The number of ether oxygens (including phenoxy) is 2. The van der Waals surface area contributed by atoms with Gasteiger partial charge in [0, 0.05) is 5.92 Å². The Morgan fingerprint density at radius 1 is 0.622 bits per heavy atom. The average molecular weight is 509 g/mol. The molecule has 0 saturated heterocycles. The minimum Gasteiger partial charge on any atom is -0.495 e. The molecule has 3 rings (SSSR count). The van der Waals surface area contributed by atoms with Crippen LogP contribution in [-0.4, -0.2) is 14.2 Å². The zero-order valence-electron chi connectivity index (χ0n) is 24.7. The summed E-state index contributed by atoms with van der Waals surface area (Å²) in [5.41, 5.74) is 20.6. The lowest BCUT2D eigenvalue weighted by atomic mass is 9.67. The van der Waals surface area contributed by atoms with Crippen molar-refractivity contribution >= 4 is 11.4 Å². The number of anilines is 2. The fourth-order valence-corrected chi connectivity index (χ4v) is 7.28. The summed E-state index contributed by atoms with van der Waals surface area (Å²) < 4.78 is 11.9. The van der Waals surface area contributed by atoms with Crippen molar-refractivity contribution in [3.8, 4) is 11.5 Å². The van der Waals surface area contributed by atoms with E-state index in [2.05, 4.69) is 65.8 Å². The zero-order valence-corrected chi connectivity index (χ0v) is 24.7. The molecule has 0 aromatic heterocycles. The van der Waals surface area contributed by atoms with Gasteiger partial charge in [-0.2, -0.15) is 0 Å². The Morgan fingerprint density at radius 2 is 0.973 bits per heavy atom. The lowest BCUT2D eigenvalue weighted by molar-refractivity contribution is 0.299. The molecule has 2 aromatic rings. The van der Waals surface area contributed by atoms with E-state index in [0.717, 1.165) is 67.8 Å². The molecule has 0 spiro atoms. The average Bonchev–Trinajstić information content (AvgIpc) is 2.92. The second kappa shape index (κ2) is 12.9. The van der Waals surface area contributed by atoms with Crippen LogP contribution in [0, 0.1) is 17.8 Å². The number of methoxy groups -OCH3 is 2. The van der Waals surface area contributed by atoms with Gasteiger partial charge in [0.25, 0.3) is 0 Å². The highest BCUT2D eigenvalue weighted by molar-refractivity contribution is 5.66. The molecule has 2 aromatic carbocycles. The summed E-state index contributed by atoms with van der Waals surface area (Å²) in [5.74, 6) is 4.07. The Hall–Kier alpha value is -2.36. The first-order valence-corrected chi connectivity index (χ1v) is 14.8. The third kappa shape index (κ3) is 5.59. The third-order valence-corrected chi connectivity index (χ3v) is 9.61. The molecular weight excluding hydrogens is 456 g/mol. The van der Waals surface area contributed by atoms with Crippen LogP contribution in [-0.2, 0) is 0 Å². The van der Waals surface area contributed by atoms with E-state index >= 15 is 0 Å². The van der Waals surface area contributed by atoms with E-state index in [1.54, 1.807) is 14.2 Å². The zero-order chi connectivity index (χ0) is 27.3. The van der Waals surface area contributed by atoms with E-state index in [4.69, 9.17) is 20.9 Å². The normalized spacial score (nSPS) is 19.5. The van der Waals surface area contributed by atoms with Gasteiger partial charge in [-0.1, -0.05) is 92.2 Å². The number of nitrogens with two attached hydrogens (primary N) is 2. The number of benzene rings is 2. The minimum absolute atomic E-state index is 0.222. The molecule has 4 bridgehead atoms. The van der Waals surface area contributed by atoms with Crippen LogP contribution in [0.15, 0.2) is 24.3 Å². The lowest BCUT2D eigenvalue weighted by Gasteiger charge is -2.38. The molecule has 2 unspecified atom stereocenters. The van der Waals surface area contributed by atoms with Crippen LogP contribution in [0.1, 0.15) is 126 Å². The Labute approximate surface area is 226 Å². The van der Waals surface area contributed by atoms with Gasteiger partial charge in [0.15, 0.2) is 0 Å². The molecule has 0 fully saturated rings. The maximum absolute atomic E-state index is 6.91. The van der Waals surface area contributed by atoms with Crippen LogP contribution in [0.2, 0.25) is 0 Å². The summed E-state index contributed by atoms with van der Waals surface area (Å²) >= 11 is 0. The van der Waals surface area contributed by atoms with Crippen molar-refractivity contribution in [2.24, 2.45) is 17.8 Å². The second-order valence-corrected chi connectivity index (χ2v) is 11.1. The fourth-order valence-electron chi connectivity index (χ4n) is 7.28. The SMILES string of the molecule is CCC(CC)C1CC(C(CC)CC)c2cc(cc(OC)c2N)C(C(CC)CC)c2cc(OC)c(N)c1c2. The predicted octanol–water partition coefficient (Wildman–Crippen LogP) is 8.88.